The Morgan fingerprint density at radius 2 is 1.84 bits per heavy atom. The minimum absolute atomic E-state index is 0.00650. The number of amides is 3. The Morgan fingerprint density at radius 3 is 2.45 bits per heavy atom. The number of carbonyl (C=O) groups is 3. The summed E-state index contributed by atoms with van der Waals surface area (Å²) in [6, 6.07) is 5.02. The van der Waals surface area contributed by atoms with Gasteiger partial charge < -0.3 is 44.8 Å². The predicted molar refractivity (Wildman–Crippen MR) is 209 cm³/mol. The molecule has 17 heteroatoms. The third-order valence-electron chi connectivity index (χ3n) is 10.4. The molecule has 3 heterocycles. The molecule has 55 heavy (non-hydrogen) atoms. The average molecular weight is 799 g/mol. The third kappa shape index (κ3) is 8.77. The molecule has 0 bridgehead atoms. The first-order valence-corrected chi connectivity index (χ1v) is 21.1. The van der Waals surface area contributed by atoms with Gasteiger partial charge in [-0.05, 0) is 63.5 Å². The Labute approximate surface area is 324 Å². The van der Waals surface area contributed by atoms with Crippen molar-refractivity contribution in [1.82, 2.24) is 25.5 Å². The molecule has 5 atom stereocenters. The van der Waals surface area contributed by atoms with E-state index < -0.39 is 60.3 Å². The van der Waals surface area contributed by atoms with E-state index in [1.807, 2.05) is 25.3 Å². The van der Waals surface area contributed by atoms with Crippen molar-refractivity contribution in [2.45, 2.75) is 109 Å². The van der Waals surface area contributed by atoms with E-state index in [0.717, 1.165) is 30.8 Å². The number of alkyl carbamates (subject to hydrolysis) is 1. The fourth-order valence-electron chi connectivity index (χ4n) is 7.32. The Morgan fingerprint density at radius 1 is 1.11 bits per heavy atom. The number of aromatic nitrogens is 2. The third-order valence-corrected chi connectivity index (χ3v) is 12.8. The molecule has 1 aliphatic heterocycles. The van der Waals surface area contributed by atoms with E-state index in [1.165, 1.54) is 22.3 Å². The molecule has 3 amide bonds. The number of thiazole rings is 1. The Hall–Kier alpha value is -4.24. The maximum atomic E-state index is 14.6. The summed E-state index contributed by atoms with van der Waals surface area (Å²) >= 11 is 1.44. The highest BCUT2D eigenvalue weighted by atomic mass is 32.1. The van der Waals surface area contributed by atoms with Gasteiger partial charge in [0, 0.05) is 41.3 Å². The Bertz CT molecular complexity index is 1990. The highest BCUT2D eigenvalue weighted by Gasteiger charge is 2.66. The van der Waals surface area contributed by atoms with E-state index in [2.05, 4.69) is 22.5 Å². The molecular weight excluding hydrogens is 747 g/mol. The quantitative estimate of drug-likeness (QED) is 0.103. The number of benzene rings is 1. The number of nitrogens with zero attached hydrogens (tertiary/aromatic N) is 3. The monoisotopic (exact) mass is 798 g/mol. The van der Waals surface area contributed by atoms with Crippen LogP contribution in [0.2, 0.25) is 0 Å². The minimum atomic E-state index is -4.83. The Balaban J connectivity index is 1.33. The molecule has 6 rings (SSSR count). The van der Waals surface area contributed by atoms with Crippen LogP contribution in [-0.2, 0) is 18.9 Å². The van der Waals surface area contributed by atoms with Crippen molar-refractivity contribution in [2.24, 2.45) is 11.3 Å². The van der Waals surface area contributed by atoms with Crippen molar-refractivity contribution in [3.8, 4) is 22.9 Å². The first-order valence-electron chi connectivity index (χ1n) is 18.6. The summed E-state index contributed by atoms with van der Waals surface area (Å²) in [5.41, 5.74) is 0.921. The lowest BCUT2D eigenvalue weighted by Crippen LogP contribution is -2.58. The zero-order valence-corrected chi connectivity index (χ0v) is 33.7. The average Bonchev–Trinajstić information content (AvgIpc) is 3.50. The molecule has 1 aromatic carbocycles. The van der Waals surface area contributed by atoms with Gasteiger partial charge in [-0.1, -0.05) is 26.8 Å². The molecule has 2 unspecified atom stereocenters. The summed E-state index contributed by atoms with van der Waals surface area (Å²) in [6.07, 6.45) is 3.10. The highest BCUT2D eigenvalue weighted by molar-refractivity contribution is 7.54. The maximum Gasteiger partial charge on any atom is 0.408 e. The standard InChI is InChI=1S/C38H51N6O9PS/c1-8-22-18-38(22,54(48,49)50)43-33(45)30-16-25(19-44(30)34(46)32(37(4,5)6)42-36(47)53-23-11-9-10-12-23)52-31-17-28(29-20-55-35(41-29)39-21(2)3)40-27-15-24(51-7)13-14-26(27)31/h8,13-15,17,20-23,25,30,32H,1,9-12,16,18-19H2,2-7H3,(H,39,41)(H,42,47)(H,43,45)(H2,48,49,50)/t22?,25?,30-,32+,38-/m0/s1. The van der Waals surface area contributed by atoms with Crippen molar-refractivity contribution in [1.29, 1.82) is 0 Å². The van der Waals surface area contributed by atoms with E-state index >= 15 is 0 Å². The smallest absolute Gasteiger partial charge is 0.408 e. The normalized spacial score (nSPS) is 23.4. The molecule has 0 spiro atoms. The van der Waals surface area contributed by atoms with Gasteiger partial charge in [-0.25, -0.2) is 14.8 Å². The number of hydrogen-bond acceptors (Lipinski definition) is 11. The van der Waals surface area contributed by atoms with E-state index in [4.69, 9.17) is 24.2 Å². The van der Waals surface area contributed by atoms with Crippen molar-refractivity contribution in [2.75, 3.05) is 19.0 Å². The molecule has 15 nitrogen and oxygen atoms in total. The maximum absolute atomic E-state index is 14.6. The van der Waals surface area contributed by atoms with Gasteiger partial charge in [0.25, 0.3) is 0 Å². The van der Waals surface area contributed by atoms with Gasteiger partial charge in [-0.3, -0.25) is 14.2 Å². The number of nitrogens with one attached hydrogen (secondary N) is 3. The van der Waals surface area contributed by atoms with Crippen molar-refractivity contribution >= 4 is 52.9 Å². The van der Waals surface area contributed by atoms with Crippen LogP contribution in [0.25, 0.3) is 22.3 Å². The number of carbonyl (C=O) groups excluding carboxylic acids is 3. The number of methoxy groups -OCH3 is 1. The zero-order valence-electron chi connectivity index (χ0n) is 32.0. The molecule has 3 aliphatic rings. The van der Waals surface area contributed by atoms with Crippen LogP contribution >= 0.6 is 18.9 Å². The van der Waals surface area contributed by atoms with E-state index in [1.54, 1.807) is 46.1 Å². The molecule has 1 saturated heterocycles. The van der Waals surface area contributed by atoms with Gasteiger partial charge in [-0.2, -0.15) is 0 Å². The van der Waals surface area contributed by atoms with Crippen LogP contribution in [0.3, 0.4) is 0 Å². The Kier molecular flexibility index (Phi) is 11.6. The molecule has 2 saturated carbocycles. The SMILES string of the molecule is C=CC1C[C@]1(NC(=O)[C@@H]1CC(Oc2cc(-c3csc(NC(C)C)n3)nc3cc(OC)ccc23)CN1C(=O)[C@@H](NC(=O)OC1CCCC1)C(C)(C)C)P(=O)(O)O. The zero-order chi connectivity index (χ0) is 39.9. The molecule has 298 valence electrons. The molecule has 2 aliphatic carbocycles. The lowest BCUT2D eigenvalue weighted by molar-refractivity contribution is -0.142. The van der Waals surface area contributed by atoms with Crippen LogP contribution in [0.1, 0.15) is 73.1 Å². The number of hydrogen-bond donors (Lipinski definition) is 5. The largest absolute Gasteiger partial charge is 0.497 e. The first-order chi connectivity index (χ1) is 25.9. The molecule has 3 fully saturated rings. The van der Waals surface area contributed by atoms with Crippen LogP contribution in [0.5, 0.6) is 11.5 Å². The second-order valence-electron chi connectivity index (χ2n) is 16.0. The number of anilines is 1. The number of ether oxygens (including phenoxy) is 3. The fourth-order valence-corrected chi connectivity index (χ4v) is 9.40. The van der Waals surface area contributed by atoms with Gasteiger partial charge in [0.2, 0.25) is 11.8 Å². The number of rotatable bonds is 13. The summed E-state index contributed by atoms with van der Waals surface area (Å²) in [7, 11) is -3.27. The van der Waals surface area contributed by atoms with Gasteiger partial charge in [-0.15, -0.1) is 17.9 Å². The van der Waals surface area contributed by atoms with Gasteiger partial charge in [0.15, 0.2) is 5.13 Å². The molecule has 5 N–H and O–H groups in total. The van der Waals surface area contributed by atoms with Crippen LogP contribution < -0.4 is 25.4 Å². The van der Waals surface area contributed by atoms with Crippen molar-refractivity contribution < 1.29 is 42.9 Å². The fraction of sp³-hybridized carbons (Fsp3) is 0.553. The summed E-state index contributed by atoms with van der Waals surface area (Å²) in [5.74, 6) is -0.933. The van der Waals surface area contributed by atoms with Crippen LogP contribution in [-0.4, -0.2) is 91.8 Å². The molecule has 0 radical (unpaired) electrons. The van der Waals surface area contributed by atoms with E-state index in [9.17, 15) is 28.7 Å². The predicted octanol–water partition coefficient (Wildman–Crippen LogP) is 5.82. The van der Waals surface area contributed by atoms with Crippen molar-refractivity contribution in [3.05, 3.63) is 42.3 Å². The summed E-state index contributed by atoms with van der Waals surface area (Å²) < 4.78 is 30.5. The lowest BCUT2D eigenvalue weighted by Gasteiger charge is -2.35. The van der Waals surface area contributed by atoms with E-state index in [-0.39, 0.29) is 31.5 Å². The number of likely N-dealkylation sites (tertiary alicyclic amines) is 1. The summed E-state index contributed by atoms with van der Waals surface area (Å²) in [5, 5.41) is 10.1. The van der Waals surface area contributed by atoms with E-state index in [0.29, 0.717) is 33.8 Å². The number of fused-ring (bicyclic) bond motifs is 1. The lowest BCUT2D eigenvalue weighted by atomic mass is 9.85. The molecule has 2 aromatic heterocycles. The summed E-state index contributed by atoms with van der Waals surface area (Å²) in [6.45, 7) is 13.0. The topological polar surface area (TPSA) is 202 Å². The molecular formula is C38H51N6O9PS. The van der Waals surface area contributed by atoms with Crippen LogP contribution in [0.15, 0.2) is 42.3 Å². The second-order valence-corrected chi connectivity index (χ2v) is 18.7. The second kappa shape index (κ2) is 15.7. The van der Waals surface area contributed by atoms with Crippen molar-refractivity contribution in [3.63, 3.8) is 0 Å². The first kappa shape index (κ1) is 40.4. The van der Waals surface area contributed by atoms with Gasteiger partial charge >= 0.3 is 13.7 Å². The van der Waals surface area contributed by atoms with Crippen LogP contribution in [0.4, 0.5) is 9.93 Å². The van der Waals surface area contributed by atoms with Gasteiger partial charge in [0.1, 0.15) is 46.8 Å². The minimum Gasteiger partial charge on any atom is -0.497 e. The van der Waals surface area contributed by atoms with Gasteiger partial charge in [0.05, 0.1) is 24.9 Å². The summed E-state index contributed by atoms with van der Waals surface area (Å²) in [4.78, 5) is 73.4. The molecule has 3 aromatic rings. The number of pyridine rings is 1. The van der Waals surface area contributed by atoms with Crippen LogP contribution in [0, 0.1) is 11.3 Å². The highest BCUT2D eigenvalue weighted by Crippen LogP contribution is 2.67.